The maximum absolute atomic E-state index is 16.4. The highest BCUT2D eigenvalue weighted by Gasteiger charge is 2.31. The molecule has 0 radical (unpaired) electrons. The second kappa shape index (κ2) is 11.6. The highest BCUT2D eigenvalue weighted by atomic mass is 19.3. The number of anilines is 3. The van der Waals surface area contributed by atoms with Crippen LogP contribution >= 0.6 is 0 Å². The van der Waals surface area contributed by atoms with E-state index >= 15 is 8.78 Å². The Hall–Kier alpha value is -4.77. The predicted molar refractivity (Wildman–Crippen MR) is 148 cm³/mol. The van der Waals surface area contributed by atoms with E-state index in [2.05, 4.69) is 25.2 Å². The lowest BCUT2D eigenvalue weighted by Gasteiger charge is -2.40. The largest absolute Gasteiger partial charge is 0.367 e. The van der Waals surface area contributed by atoms with Crippen molar-refractivity contribution >= 4 is 28.7 Å². The lowest BCUT2D eigenvalue weighted by atomic mass is 10.0. The van der Waals surface area contributed by atoms with Crippen molar-refractivity contribution < 1.29 is 22.4 Å². The fourth-order valence-corrected chi connectivity index (χ4v) is 5.07. The number of carbonyl (C=O) groups is 1. The van der Waals surface area contributed by atoms with Crippen LogP contribution in [-0.2, 0) is 0 Å². The molecule has 3 aromatic rings. The molecule has 0 bridgehead atoms. The number of nitrogens with one attached hydrogen (secondary N) is 2. The number of pyridine rings is 1. The second-order valence-corrected chi connectivity index (χ2v) is 10.1. The number of amides is 1. The van der Waals surface area contributed by atoms with Gasteiger partial charge in [0.15, 0.2) is 5.82 Å². The van der Waals surface area contributed by atoms with Crippen LogP contribution in [0.3, 0.4) is 0 Å². The monoisotopic (exact) mass is 582 g/mol. The Morgan fingerprint density at radius 1 is 1.24 bits per heavy atom. The average Bonchev–Trinajstić information content (AvgIpc) is 3.45. The minimum absolute atomic E-state index is 0.0231. The number of hydrogen-bond donors (Lipinski definition) is 2. The summed E-state index contributed by atoms with van der Waals surface area (Å²) in [5.74, 6) is -2.69. The number of H-pyrrole nitrogens is 1. The highest BCUT2D eigenvalue weighted by Crippen LogP contribution is 2.39. The van der Waals surface area contributed by atoms with Gasteiger partial charge in [0.05, 0.1) is 16.8 Å². The molecule has 1 unspecified atom stereocenters. The first kappa shape index (κ1) is 28.7. The number of rotatable bonds is 6. The molecule has 5 rings (SSSR count). The van der Waals surface area contributed by atoms with Crippen molar-refractivity contribution in [3.63, 3.8) is 0 Å². The van der Waals surface area contributed by atoms with Gasteiger partial charge in [0.2, 0.25) is 11.4 Å². The molecule has 10 nitrogen and oxygen atoms in total. The van der Waals surface area contributed by atoms with Crippen LogP contribution in [0.5, 0.6) is 0 Å². The zero-order chi connectivity index (χ0) is 30.1. The van der Waals surface area contributed by atoms with Crippen LogP contribution in [0, 0.1) is 23.0 Å². The van der Waals surface area contributed by atoms with E-state index in [1.54, 1.807) is 21.9 Å². The Morgan fingerprint density at radius 3 is 2.74 bits per heavy atom. The summed E-state index contributed by atoms with van der Waals surface area (Å²) < 4.78 is 59.5. The third-order valence-electron chi connectivity index (χ3n) is 7.48. The first-order chi connectivity index (χ1) is 20.1. The quantitative estimate of drug-likeness (QED) is 0.424. The van der Waals surface area contributed by atoms with Crippen LogP contribution in [0.25, 0.3) is 5.57 Å². The number of benzene rings is 1. The summed E-state index contributed by atoms with van der Waals surface area (Å²) in [6.07, 6.45) is 0.713. The molecule has 1 saturated heterocycles. The van der Waals surface area contributed by atoms with E-state index < -0.39 is 40.7 Å². The van der Waals surface area contributed by atoms with E-state index in [0.29, 0.717) is 31.5 Å². The van der Waals surface area contributed by atoms with Gasteiger partial charge in [-0.3, -0.25) is 9.59 Å². The van der Waals surface area contributed by atoms with Crippen LogP contribution in [0.4, 0.5) is 34.8 Å². The Labute approximate surface area is 237 Å². The molecule has 0 saturated carbocycles. The number of carbonyl (C=O) groups excluding carboxylic acids is 1. The number of aromatic nitrogens is 3. The standard InChI is InChI=1S/C28H26F4N8O2/c1-15-13-39(8-7-38(15)2)20-10-19(29)24(16-4-6-40(14-16)22-3-5-34-21(11-33)36-22)25(30)26(20)37-28(42)18-12-35-23(41)9-17(18)27(31)32/h3-5,9-10,12,15,27H,6-8,13-14H2,1-2H3,(H,35,41)(H,37,42). The topological polar surface area (TPSA) is 121 Å². The molecule has 1 amide bonds. The fraction of sp³-hybridized carbons (Fsp3) is 0.321. The molecule has 1 fully saturated rings. The van der Waals surface area contributed by atoms with Gasteiger partial charge in [0.1, 0.15) is 23.4 Å². The van der Waals surface area contributed by atoms with Gasteiger partial charge in [-0.25, -0.2) is 27.5 Å². The minimum Gasteiger partial charge on any atom is -0.367 e. The van der Waals surface area contributed by atoms with E-state index in [9.17, 15) is 18.4 Å². The zero-order valence-electron chi connectivity index (χ0n) is 22.7. The number of alkyl halides is 2. The molecule has 2 aromatic heterocycles. The summed E-state index contributed by atoms with van der Waals surface area (Å²) in [6, 6.07) is 5.18. The molecule has 2 aliphatic rings. The number of nitrogens with zero attached hydrogens (tertiary/aromatic N) is 6. The summed E-state index contributed by atoms with van der Waals surface area (Å²) in [7, 11) is 1.92. The van der Waals surface area contributed by atoms with Gasteiger partial charge in [-0.15, -0.1) is 0 Å². The Bertz CT molecular complexity index is 1670. The summed E-state index contributed by atoms with van der Waals surface area (Å²) in [6.45, 7) is 3.61. The Morgan fingerprint density at radius 2 is 2.02 bits per heavy atom. The Kier molecular flexibility index (Phi) is 7.95. The fourth-order valence-electron chi connectivity index (χ4n) is 5.07. The number of halogens is 4. The Balaban J connectivity index is 1.55. The van der Waals surface area contributed by atoms with E-state index in [0.717, 1.165) is 12.3 Å². The maximum Gasteiger partial charge on any atom is 0.264 e. The van der Waals surface area contributed by atoms with Gasteiger partial charge in [-0.1, -0.05) is 6.08 Å². The molecule has 42 heavy (non-hydrogen) atoms. The summed E-state index contributed by atoms with van der Waals surface area (Å²) >= 11 is 0. The van der Waals surface area contributed by atoms with Crippen molar-refractivity contribution in [3.05, 3.63) is 81.2 Å². The van der Waals surface area contributed by atoms with E-state index in [1.807, 2.05) is 20.0 Å². The van der Waals surface area contributed by atoms with Gasteiger partial charge in [-0.2, -0.15) is 5.26 Å². The third kappa shape index (κ3) is 5.55. The molecule has 14 heteroatoms. The normalized spacial score (nSPS) is 17.4. The maximum atomic E-state index is 16.4. The van der Waals surface area contributed by atoms with Crippen LogP contribution in [-0.4, -0.2) is 71.6 Å². The van der Waals surface area contributed by atoms with Crippen LogP contribution < -0.4 is 20.7 Å². The molecule has 4 heterocycles. The average molecular weight is 583 g/mol. The molecule has 2 aliphatic heterocycles. The van der Waals surface area contributed by atoms with Crippen LogP contribution in [0.1, 0.15) is 40.7 Å². The van der Waals surface area contributed by atoms with Gasteiger partial charge in [0.25, 0.3) is 12.3 Å². The highest BCUT2D eigenvalue weighted by molar-refractivity contribution is 6.07. The third-order valence-corrected chi connectivity index (χ3v) is 7.48. The minimum atomic E-state index is -3.14. The molecule has 1 atom stereocenters. The summed E-state index contributed by atoms with van der Waals surface area (Å²) in [4.78, 5) is 40.5. The zero-order valence-corrected chi connectivity index (χ0v) is 22.7. The molecule has 218 valence electrons. The first-order valence-corrected chi connectivity index (χ1v) is 13.0. The summed E-state index contributed by atoms with van der Waals surface area (Å²) in [5, 5.41) is 11.5. The van der Waals surface area contributed by atoms with Crippen molar-refractivity contribution in [1.29, 1.82) is 5.26 Å². The smallest absolute Gasteiger partial charge is 0.264 e. The van der Waals surface area contributed by atoms with Crippen molar-refractivity contribution in [2.24, 2.45) is 0 Å². The lowest BCUT2D eigenvalue weighted by Crippen LogP contribution is -2.50. The van der Waals surface area contributed by atoms with Crippen LogP contribution in [0.2, 0.25) is 0 Å². The molecule has 1 aromatic carbocycles. The molecule has 0 aliphatic carbocycles. The SMILES string of the molecule is CC1CN(c2cc(F)c(C3=CCN(c4ccnc(C#N)n4)C3)c(F)c2NC(=O)c2c[nH]c(=O)cc2C(F)F)CCN1C. The van der Waals surface area contributed by atoms with Gasteiger partial charge in [-0.05, 0) is 25.6 Å². The van der Waals surface area contributed by atoms with Crippen molar-refractivity contribution in [3.8, 4) is 6.07 Å². The first-order valence-electron chi connectivity index (χ1n) is 13.0. The van der Waals surface area contributed by atoms with Crippen molar-refractivity contribution in [2.75, 3.05) is 54.9 Å². The number of aromatic amines is 1. The number of hydrogen-bond acceptors (Lipinski definition) is 8. The summed E-state index contributed by atoms with van der Waals surface area (Å²) in [5.41, 5.74) is -2.60. The van der Waals surface area contributed by atoms with Crippen molar-refractivity contribution in [1.82, 2.24) is 19.9 Å². The van der Waals surface area contributed by atoms with E-state index in [-0.39, 0.29) is 47.5 Å². The number of nitriles is 1. The molecular weight excluding hydrogens is 556 g/mol. The van der Waals surface area contributed by atoms with Gasteiger partial charge >= 0.3 is 0 Å². The molecule has 2 N–H and O–H groups in total. The lowest BCUT2D eigenvalue weighted by molar-refractivity contribution is 0.101. The van der Waals surface area contributed by atoms with Gasteiger partial charge < -0.3 is 25.0 Å². The second-order valence-electron chi connectivity index (χ2n) is 10.1. The predicted octanol–water partition coefficient (Wildman–Crippen LogP) is 3.55. The number of piperazine rings is 1. The number of likely N-dealkylation sites (N-methyl/N-ethyl adjacent to an activating group) is 1. The van der Waals surface area contributed by atoms with E-state index in [4.69, 9.17) is 5.26 Å². The molecular formula is C28H26F4N8O2. The van der Waals surface area contributed by atoms with Crippen molar-refractivity contribution in [2.45, 2.75) is 19.4 Å². The van der Waals surface area contributed by atoms with Crippen LogP contribution in [0.15, 0.2) is 41.5 Å². The molecule has 0 spiro atoms. The van der Waals surface area contributed by atoms with E-state index in [1.165, 1.54) is 6.20 Å². The van der Waals surface area contributed by atoms with Gasteiger partial charge in [0, 0.05) is 68.9 Å².